The van der Waals surface area contributed by atoms with Gasteiger partial charge in [-0.1, -0.05) is 11.6 Å². The van der Waals surface area contributed by atoms with Gasteiger partial charge in [-0.15, -0.1) is 11.3 Å². The lowest BCUT2D eigenvalue weighted by molar-refractivity contribution is 0.161. The van der Waals surface area contributed by atoms with Crippen LogP contribution in [0.1, 0.15) is 0 Å². The van der Waals surface area contributed by atoms with Crippen LogP contribution >= 0.6 is 22.9 Å². The van der Waals surface area contributed by atoms with Gasteiger partial charge in [-0.3, -0.25) is 0 Å². The molecule has 1 heterocycles. The normalized spacial score (nSPS) is 9.62. The summed E-state index contributed by atoms with van der Waals surface area (Å²) in [5, 5.41) is 5.76. The van der Waals surface area contributed by atoms with Gasteiger partial charge in [0.1, 0.15) is 11.8 Å². The number of thiazole rings is 1. The van der Waals surface area contributed by atoms with Crippen molar-refractivity contribution >= 4 is 34.2 Å². The molecular weight excluding hydrogens is 214 g/mol. The van der Waals surface area contributed by atoms with Crippen LogP contribution < -0.4 is 11.1 Å². The van der Waals surface area contributed by atoms with Crippen molar-refractivity contribution < 1.29 is 9.53 Å². The number of hydrogen-bond acceptors (Lipinski definition) is 5. The van der Waals surface area contributed by atoms with E-state index in [-0.39, 0.29) is 6.61 Å². The summed E-state index contributed by atoms with van der Waals surface area (Å²) in [6.45, 7) is 0.680. The number of hydrogen-bond donors (Lipinski definition) is 2. The number of nitrogens with two attached hydrogens (primary N) is 1. The molecule has 13 heavy (non-hydrogen) atoms. The summed E-state index contributed by atoms with van der Waals surface area (Å²) in [5.41, 5.74) is 4.75. The molecule has 0 bridgehead atoms. The van der Waals surface area contributed by atoms with Crippen molar-refractivity contribution in [3.63, 3.8) is 0 Å². The Bertz CT molecular complexity index is 291. The van der Waals surface area contributed by atoms with Gasteiger partial charge in [0.2, 0.25) is 0 Å². The summed E-state index contributed by atoms with van der Waals surface area (Å²) in [6, 6.07) is 0. The minimum atomic E-state index is -0.779. The summed E-state index contributed by atoms with van der Waals surface area (Å²) in [6.07, 6.45) is -0.779. The second-order valence-electron chi connectivity index (χ2n) is 2.07. The Hall–Kier alpha value is -1.01. The molecule has 0 unspecified atom stereocenters. The standard InChI is InChI=1S/C6H8ClN3O2S/c7-4-3-13-6(10-4)9-1-2-12-5(8)11/h3H,1-2H2,(H2,8,11)(H,9,10). The van der Waals surface area contributed by atoms with Crippen molar-refractivity contribution in [2.75, 3.05) is 18.5 Å². The average molecular weight is 222 g/mol. The second kappa shape index (κ2) is 4.88. The number of amides is 1. The lowest BCUT2D eigenvalue weighted by atomic mass is 10.7. The van der Waals surface area contributed by atoms with Gasteiger partial charge in [-0.25, -0.2) is 9.78 Å². The van der Waals surface area contributed by atoms with E-state index < -0.39 is 6.09 Å². The maximum Gasteiger partial charge on any atom is 0.404 e. The van der Waals surface area contributed by atoms with E-state index in [1.54, 1.807) is 5.38 Å². The molecule has 7 heteroatoms. The zero-order valence-electron chi connectivity index (χ0n) is 6.62. The van der Waals surface area contributed by atoms with Crippen molar-refractivity contribution in [3.8, 4) is 0 Å². The lowest BCUT2D eigenvalue weighted by Crippen LogP contribution is -2.18. The van der Waals surface area contributed by atoms with Crippen LogP contribution in [0, 0.1) is 0 Å². The van der Waals surface area contributed by atoms with Crippen LogP contribution in [0.4, 0.5) is 9.93 Å². The van der Waals surface area contributed by atoms with Gasteiger partial charge in [-0.05, 0) is 0 Å². The van der Waals surface area contributed by atoms with Crippen molar-refractivity contribution in [1.29, 1.82) is 0 Å². The molecule has 0 aromatic carbocycles. The van der Waals surface area contributed by atoms with Gasteiger partial charge in [-0.2, -0.15) is 0 Å². The Morgan fingerprint density at radius 3 is 3.15 bits per heavy atom. The Morgan fingerprint density at radius 1 is 1.85 bits per heavy atom. The monoisotopic (exact) mass is 221 g/mol. The van der Waals surface area contributed by atoms with E-state index in [9.17, 15) is 4.79 Å². The molecule has 0 aliphatic rings. The molecule has 0 radical (unpaired) electrons. The molecule has 0 saturated carbocycles. The lowest BCUT2D eigenvalue weighted by Gasteiger charge is -2.01. The predicted molar refractivity (Wildman–Crippen MR) is 51.1 cm³/mol. The molecular formula is C6H8ClN3O2S. The fourth-order valence-corrected chi connectivity index (χ4v) is 1.51. The van der Waals surface area contributed by atoms with Gasteiger partial charge >= 0.3 is 6.09 Å². The van der Waals surface area contributed by atoms with E-state index in [0.717, 1.165) is 0 Å². The fourth-order valence-electron chi connectivity index (χ4n) is 0.645. The summed E-state index contributed by atoms with van der Waals surface area (Å²) >= 11 is 6.96. The number of primary amides is 1. The highest BCUT2D eigenvalue weighted by atomic mass is 35.5. The molecule has 1 aromatic heterocycles. The summed E-state index contributed by atoms with van der Waals surface area (Å²) in [5.74, 6) is 0. The number of halogens is 1. The number of ether oxygens (including phenoxy) is 1. The molecule has 0 fully saturated rings. The zero-order valence-corrected chi connectivity index (χ0v) is 8.19. The third kappa shape index (κ3) is 3.95. The smallest absolute Gasteiger partial charge is 0.404 e. The highest BCUT2D eigenvalue weighted by Gasteiger charge is 1.98. The van der Waals surface area contributed by atoms with Crippen LogP contribution in [-0.4, -0.2) is 24.2 Å². The van der Waals surface area contributed by atoms with Crippen LogP contribution in [0.5, 0.6) is 0 Å². The minimum absolute atomic E-state index is 0.215. The van der Waals surface area contributed by atoms with Crippen LogP contribution in [0.25, 0.3) is 0 Å². The molecule has 0 aliphatic carbocycles. The highest BCUT2D eigenvalue weighted by Crippen LogP contribution is 2.18. The van der Waals surface area contributed by atoms with Crippen molar-refractivity contribution in [3.05, 3.63) is 10.5 Å². The minimum Gasteiger partial charge on any atom is -0.448 e. The fraction of sp³-hybridized carbons (Fsp3) is 0.333. The van der Waals surface area contributed by atoms with Crippen molar-refractivity contribution in [2.24, 2.45) is 5.73 Å². The number of nitrogens with one attached hydrogen (secondary N) is 1. The highest BCUT2D eigenvalue weighted by molar-refractivity contribution is 7.14. The Morgan fingerprint density at radius 2 is 2.62 bits per heavy atom. The van der Waals surface area contributed by atoms with Crippen LogP contribution in [-0.2, 0) is 4.74 Å². The van der Waals surface area contributed by atoms with Gasteiger partial charge in [0.05, 0.1) is 6.54 Å². The Labute approximate surface area is 83.9 Å². The van der Waals surface area contributed by atoms with Crippen LogP contribution in [0.3, 0.4) is 0 Å². The van der Waals surface area contributed by atoms with Gasteiger partial charge < -0.3 is 15.8 Å². The number of rotatable bonds is 4. The molecule has 0 saturated heterocycles. The molecule has 0 atom stereocenters. The number of nitrogens with zero attached hydrogens (tertiary/aromatic N) is 1. The van der Waals surface area contributed by atoms with Gasteiger partial charge in [0, 0.05) is 5.38 Å². The summed E-state index contributed by atoms with van der Waals surface area (Å²) in [4.78, 5) is 14.1. The first-order valence-corrected chi connectivity index (χ1v) is 4.71. The molecule has 1 rings (SSSR count). The van der Waals surface area contributed by atoms with Gasteiger partial charge in [0.15, 0.2) is 5.13 Å². The zero-order chi connectivity index (χ0) is 9.68. The van der Waals surface area contributed by atoms with E-state index >= 15 is 0 Å². The molecule has 1 aromatic rings. The third-order valence-corrected chi connectivity index (χ3v) is 2.22. The molecule has 5 nitrogen and oxygen atoms in total. The third-order valence-electron chi connectivity index (χ3n) is 1.10. The van der Waals surface area contributed by atoms with E-state index in [1.807, 2.05) is 0 Å². The van der Waals surface area contributed by atoms with E-state index in [2.05, 4.69) is 15.0 Å². The first-order valence-electron chi connectivity index (χ1n) is 3.45. The van der Waals surface area contributed by atoms with Crippen molar-refractivity contribution in [2.45, 2.75) is 0 Å². The predicted octanol–water partition coefficient (Wildman–Crippen LogP) is 1.30. The maximum absolute atomic E-state index is 10.2. The second-order valence-corrected chi connectivity index (χ2v) is 3.32. The van der Waals surface area contributed by atoms with Crippen molar-refractivity contribution in [1.82, 2.24) is 4.98 Å². The van der Waals surface area contributed by atoms with E-state index in [1.165, 1.54) is 11.3 Å². The summed E-state index contributed by atoms with van der Waals surface area (Å²) in [7, 11) is 0. The molecule has 3 N–H and O–H groups in total. The van der Waals surface area contributed by atoms with E-state index in [4.69, 9.17) is 17.3 Å². The van der Waals surface area contributed by atoms with Gasteiger partial charge in [0.25, 0.3) is 0 Å². The molecule has 1 amide bonds. The van der Waals surface area contributed by atoms with Crippen LogP contribution in [0.2, 0.25) is 5.15 Å². The number of carbonyl (C=O) groups is 1. The molecule has 0 aliphatic heterocycles. The van der Waals surface area contributed by atoms with Crippen LogP contribution in [0.15, 0.2) is 5.38 Å². The summed E-state index contributed by atoms with van der Waals surface area (Å²) < 4.78 is 4.49. The average Bonchev–Trinajstić information content (AvgIpc) is 2.45. The first-order chi connectivity index (χ1) is 6.18. The quantitative estimate of drug-likeness (QED) is 0.752. The molecule has 0 spiro atoms. The van der Waals surface area contributed by atoms with E-state index in [0.29, 0.717) is 16.8 Å². The Kier molecular flexibility index (Phi) is 3.78. The largest absolute Gasteiger partial charge is 0.448 e. The number of carbonyl (C=O) groups excluding carboxylic acids is 1. The Balaban J connectivity index is 2.16. The number of anilines is 1. The maximum atomic E-state index is 10.2. The SMILES string of the molecule is NC(=O)OCCNc1nc(Cl)cs1. The molecule has 72 valence electrons. The topological polar surface area (TPSA) is 77.2 Å². The first kappa shape index (κ1) is 10.1. The number of aromatic nitrogens is 1.